The Morgan fingerprint density at radius 3 is 2.96 bits per heavy atom. The Bertz CT molecular complexity index is 797. The zero-order valence-corrected chi connectivity index (χ0v) is 14.0. The number of rotatable bonds is 4. The van der Waals surface area contributed by atoms with Gasteiger partial charge in [-0.2, -0.15) is 0 Å². The number of aromatic nitrogens is 2. The minimum Gasteiger partial charge on any atom is -0.354 e. The van der Waals surface area contributed by atoms with Gasteiger partial charge in [0.2, 0.25) is 5.91 Å². The molecular formula is C15H21N5O2S. The van der Waals surface area contributed by atoms with Crippen molar-refractivity contribution in [3.8, 4) is 0 Å². The SMILES string of the molecule is Cc1sc2nc(CCNC(=O)[C@@H]3C[C@@H](N)CN3)[nH]c(=O)c2c1C. The molecule has 5 N–H and O–H groups in total. The van der Waals surface area contributed by atoms with E-state index < -0.39 is 0 Å². The first kappa shape index (κ1) is 16.1. The molecule has 0 saturated carbocycles. The molecule has 0 unspecified atom stereocenters. The molecule has 0 spiro atoms. The summed E-state index contributed by atoms with van der Waals surface area (Å²) in [5.74, 6) is 0.546. The molecule has 1 amide bonds. The van der Waals surface area contributed by atoms with E-state index in [1.54, 1.807) is 0 Å². The maximum Gasteiger partial charge on any atom is 0.259 e. The van der Waals surface area contributed by atoms with Crippen LogP contribution in [-0.4, -0.2) is 41.0 Å². The number of aryl methyl sites for hydroxylation is 2. The number of carbonyl (C=O) groups is 1. The minimum absolute atomic E-state index is 0.0384. The zero-order valence-electron chi connectivity index (χ0n) is 13.2. The van der Waals surface area contributed by atoms with Crippen molar-refractivity contribution in [3.63, 3.8) is 0 Å². The van der Waals surface area contributed by atoms with Gasteiger partial charge in [-0.1, -0.05) is 0 Å². The Kier molecular flexibility index (Phi) is 4.47. The number of thiophene rings is 1. The molecule has 3 heterocycles. The number of fused-ring (bicyclic) bond motifs is 1. The van der Waals surface area contributed by atoms with Crippen LogP contribution in [0.3, 0.4) is 0 Å². The lowest BCUT2D eigenvalue weighted by atomic mass is 10.2. The van der Waals surface area contributed by atoms with Gasteiger partial charge in [-0.25, -0.2) is 4.98 Å². The van der Waals surface area contributed by atoms with Crippen LogP contribution in [-0.2, 0) is 11.2 Å². The van der Waals surface area contributed by atoms with Crippen LogP contribution in [0.25, 0.3) is 10.2 Å². The molecule has 124 valence electrons. The fourth-order valence-corrected chi connectivity index (χ4v) is 3.86. The predicted octanol–water partition coefficient (Wildman–Crippen LogP) is -0.0507. The van der Waals surface area contributed by atoms with Gasteiger partial charge in [-0.3, -0.25) is 9.59 Å². The van der Waals surface area contributed by atoms with E-state index in [4.69, 9.17) is 5.73 Å². The smallest absolute Gasteiger partial charge is 0.259 e. The molecule has 7 nitrogen and oxygen atoms in total. The van der Waals surface area contributed by atoms with Gasteiger partial charge in [-0.15, -0.1) is 11.3 Å². The molecule has 8 heteroatoms. The molecule has 0 radical (unpaired) electrons. The van der Waals surface area contributed by atoms with Crippen molar-refractivity contribution in [2.24, 2.45) is 5.73 Å². The molecule has 3 rings (SSSR count). The maximum absolute atomic E-state index is 12.2. The van der Waals surface area contributed by atoms with Crippen molar-refractivity contribution in [2.45, 2.75) is 38.8 Å². The molecule has 2 atom stereocenters. The van der Waals surface area contributed by atoms with Gasteiger partial charge < -0.3 is 21.4 Å². The fourth-order valence-electron chi connectivity index (χ4n) is 2.81. The van der Waals surface area contributed by atoms with Crippen molar-refractivity contribution >= 4 is 27.5 Å². The standard InChI is InChI=1S/C15H21N5O2S/c1-7-8(2)23-15-12(7)14(22)19-11(20-15)3-4-17-13(21)10-5-9(16)6-18-10/h9-10,18H,3-6,16H2,1-2H3,(H,17,21)(H,19,20,22)/t9-,10+/m1/s1. The number of nitrogens with one attached hydrogen (secondary N) is 3. The van der Waals surface area contributed by atoms with E-state index in [2.05, 4.69) is 20.6 Å². The normalized spacial score (nSPS) is 21.0. The number of aromatic amines is 1. The molecule has 0 aliphatic carbocycles. The summed E-state index contributed by atoms with van der Waals surface area (Å²) in [6.45, 7) is 5.02. The lowest BCUT2D eigenvalue weighted by Crippen LogP contribution is -2.41. The molecule has 0 aromatic carbocycles. The summed E-state index contributed by atoms with van der Waals surface area (Å²) >= 11 is 1.53. The van der Waals surface area contributed by atoms with Crippen molar-refractivity contribution in [3.05, 3.63) is 26.6 Å². The highest BCUT2D eigenvalue weighted by Gasteiger charge is 2.26. The highest BCUT2D eigenvalue weighted by Crippen LogP contribution is 2.25. The summed E-state index contributed by atoms with van der Waals surface area (Å²) in [6, 6.07) is -0.182. The van der Waals surface area contributed by atoms with Crippen molar-refractivity contribution in [1.82, 2.24) is 20.6 Å². The maximum atomic E-state index is 12.2. The van der Waals surface area contributed by atoms with Crippen LogP contribution in [0.2, 0.25) is 0 Å². The van der Waals surface area contributed by atoms with Gasteiger partial charge in [0.25, 0.3) is 5.56 Å². The van der Waals surface area contributed by atoms with E-state index in [-0.39, 0.29) is 23.6 Å². The zero-order chi connectivity index (χ0) is 16.6. The fraction of sp³-hybridized carbons (Fsp3) is 0.533. The Morgan fingerprint density at radius 1 is 1.48 bits per heavy atom. The van der Waals surface area contributed by atoms with Crippen LogP contribution in [0.5, 0.6) is 0 Å². The molecule has 1 aliphatic heterocycles. The number of H-pyrrole nitrogens is 1. The number of hydrogen-bond acceptors (Lipinski definition) is 6. The average molecular weight is 335 g/mol. The van der Waals surface area contributed by atoms with Gasteiger partial charge in [0, 0.05) is 30.4 Å². The largest absolute Gasteiger partial charge is 0.354 e. The van der Waals surface area contributed by atoms with Crippen LogP contribution in [0.4, 0.5) is 0 Å². The van der Waals surface area contributed by atoms with E-state index >= 15 is 0 Å². The van der Waals surface area contributed by atoms with Crippen LogP contribution in [0, 0.1) is 13.8 Å². The Hall–Kier alpha value is -1.77. The van der Waals surface area contributed by atoms with E-state index in [0.29, 0.717) is 37.1 Å². The number of nitrogens with two attached hydrogens (primary N) is 1. The average Bonchev–Trinajstić information content (AvgIpc) is 3.04. The molecule has 1 fully saturated rings. The first-order valence-electron chi connectivity index (χ1n) is 7.71. The second-order valence-electron chi connectivity index (χ2n) is 5.97. The van der Waals surface area contributed by atoms with Crippen molar-refractivity contribution < 1.29 is 4.79 Å². The van der Waals surface area contributed by atoms with Crippen LogP contribution >= 0.6 is 11.3 Å². The lowest BCUT2D eigenvalue weighted by molar-refractivity contribution is -0.122. The summed E-state index contributed by atoms with van der Waals surface area (Å²) in [5, 5.41) is 6.62. The monoisotopic (exact) mass is 335 g/mol. The van der Waals surface area contributed by atoms with Gasteiger partial charge in [0.1, 0.15) is 10.7 Å². The molecule has 1 aliphatic rings. The summed E-state index contributed by atoms with van der Waals surface area (Å²) < 4.78 is 0. The number of nitrogens with zero attached hydrogens (tertiary/aromatic N) is 1. The third-order valence-electron chi connectivity index (χ3n) is 4.23. The topological polar surface area (TPSA) is 113 Å². The Balaban J connectivity index is 1.63. The van der Waals surface area contributed by atoms with Gasteiger partial charge in [0.15, 0.2) is 0 Å². The summed E-state index contributed by atoms with van der Waals surface area (Å²) in [6.07, 6.45) is 1.15. The van der Waals surface area contributed by atoms with Gasteiger partial charge >= 0.3 is 0 Å². The molecule has 0 bridgehead atoms. The third-order valence-corrected chi connectivity index (χ3v) is 5.33. The van der Waals surface area contributed by atoms with Crippen LogP contribution in [0.1, 0.15) is 22.7 Å². The highest BCUT2D eigenvalue weighted by atomic mass is 32.1. The highest BCUT2D eigenvalue weighted by molar-refractivity contribution is 7.18. The molecular weight excluding hydrogens is 314 g/mol. The number of amides is 1. The van der Waals surface area contributed by atoms with E-state index in [1.165, 1.54) is 11.3 Å². The first-order chi connectivity index (χ1) is 11.0. The molecule has 2 aromatic heterocycles. The van der Waals surface area contributed by atoms with E-state index in [9.17, 15) is 9.59 Å². The second-order valence-corrected chi connectivity index (χ2v) is 7.18. The first-order valence-corrected chi connectivity index (χ1v) is 8.53. The number of carbonyl (C=O) groups excluding carboxylic acids is 1. The number of hydrogen-bond donors (Lipinski definition) is 4. The summed E-state index contributed by atoms with van der Waals surface area (Å²) in [4.78, 5) is 33.3. The van der Waals surface area contributed by atoms with E-state index in [0.717, 1.165) is 15.3 Å². The lowest BCUT2D eigenvalue weighted by Gasteiger charge is -2.10. The van der Waals surface area contributed by atoms with Crippen molar-refractivity contribution in [1.29, 1.82) is 0 Å². The molecule has 1 saturated heterocycles. The van der Waals surface area contributed by atoms with Gasteiger partial charge in [0.05, 0.1) is 11.4 Å². The van der Waals surface area contributed by atoms with E-state index in [1.807, 2.05) is 13.8 Å². The quantitative estimate of drug-likeness (QED) is 0.626. The minimum atomic E-state index is -0.220. The summed E-state index contributed by atoms with van der Waals surface area (Å²) in [7, 11) is 0. The predicted molar refractivity (Wildman–Crippen MR) is 90.8 cm³/mol. The van der Waals surface area contributed by atoms with Crippen LogP contribution < -0.4 is 21.9 Å². The van der Waals surface area contributed by atoms with Crippen molar-refractivity contribution in [2.75, 3.05) is 13.1 Å². The molecule has 2 aromatic rings. The third kappa shape index (κ3) is 3.29. The Labute approximate surface area is 137 Å². The Morgan fingerprint density at radius 2 is 2.26 bits per heavy atom. The molecule has 23 heavy (non-hydrogen) atoms. The second kappa shape index (κ2) is 6.38. The van der Waals surface area contributed by atoms with Gasteiger partial charge in [-0.05, 0) is 25.8 Å². The summed E-state index contributed by atoms with van der Waals surface area (Å²) in [5.41, 5.74) is 6.65. The van der Waals surface area contributed by atoms with Crippen LogP contribution in [0.15, 0.2) is 4.79 Å².